The molecule has 0 bridgehead atoms. The number of carboxylic acids is 1. The molecule has 1 aromatic heterocycles. The van der Waals surface area contributed by atoms with Gasteiger partial charge in [-0.05, 0) is 42.8 Å². The van der Waals surface area contributed by atoms with Crippen LogP contribution in [0.2, 0.25) is 0 Å². The molecule has 1 saturated heterocycles. The van der Waals surface area contributed by atoms with E-state index in [1.54, 1.807) is 30.3 Å². The first-order chi connectivity index (χ1) is 13.6. The van der Waals surface area contributed by atoms with E-state index in [9.17, 15) is 18.0 Å². The maximum atomic E-state index is 12.5. The predicted octanol–water partition coefficient (Wildman–Crippen LogP) is 2.66. The molecule has 0 saturated carbocycles. The lowest BCUT2D eigenvalue weighted by Gasteiger charge is -2.13. The number of benzene rings is 1. The van der Waals surface area contributed by atoms with Crippen molar-refractivity contribution in [1.82, 2.24) is 4.90 Å². The Morgan fingerprint density at radius 2 is 1.93 bits per heavy atom. The van der Waals surface area contributed by atoms with Crippen LogP contribution in [0.1, 0.15) is 18.6 Å². The van der Waals surface area contributed by atoms with Gasteiger partial charge in [-0.15, -0.1) is 0 Å². The molecule has 0 radical (unpaired) electrons. The molecule has 1 fully saturated rings. The standard InChI is InChI=1S/C18H16N2O6S3/c19-29(24,25)13-6-3-11(4-7-13)14-8-5-12(26-14)10-15-17(23)20(18(27)28-15)9-1-2-16(21)22/h3-8,10H,1-2,9H2,(H,21,22)(H2,19,24,25)/b15-10+. The number of carboxylic acid groups (broad SMARTS) is 1. The zero-order chi connectivity index (χ0) is 21.2. The Labute approximate surface area is 176 Å². The zero-order valence-electron chi connectivity index (χ0n) is 14.9. The lowest BCUT2D eigenvalue weighted by Crippen LogP contribution is -2.29. The molecule has 2 heterocycles. The van der Waals surface area contributed by atoms with Gasteiger partial charge in [0.15, 0.2) is 0 Å². The number of rotatable bonds is 7. The van der Waals surface area contributed by atoms with E-state index >= 15 is 0 Å². The fourth-order valence-corrected chi connectivity index (χ4v) is 4.41. The van der Waals surface area contributed by atoms with Crippen LogP contribution in [0.3, 0.4) is 0 Å². The quantitative estimate of drug-likeness (QED) is 0.484. The molecular weight excluding hydrogens is 436 g/mol. The largest absolute Gasteiger partial charge is 0.481 e. The molecule has 152 valence electrons. The van der Waals surface area contributed by atoms with Crippen LogP contribution in [0.15, 0.2) is 50.6 Å². The summed E-state index contributed by atoms with van der Waals surface area (Å²) in [5.74, 6) is -0.289. The smallest absolute Gasteiger partial charge is 0.303 e. The molecule has 1 aliphatic heterocycles. The van der Waals surface area contributed by atoms with E-state index in [0.29, 0.717) is 32.7 Å². The van der Waals surface area contributed by atoms with Gasteiger partial charge in [0.2, 0.25) is 10.0 Å². The minimum Gasteiger partial charge on any atom is -0.481 e. The minimum absolute atomic E-state index is 0.000369. The van der Waals surface area contributed by atoms with Gasteiger partial charge in [-0.3, -0.25) is 14.5 Å². The van der Waals surface area contributed by atoms with Crippen molar-refractivity contribution in [3.8, 4) is 11.3 Å². The number of thioether (sulfide) groups is 1. The molecule has 3 N–H and O–H groups in total. The number of amides is 1. The average Bonchev–Trinajstić information content (AvgIpc) is 3.21. The third-order valence-corrected chi connectivity index (χ3v) is 6.32. The molecule has 8 nitrogen and oxygen atoms in total. The van der Waals surface area contributed by atoms with Gasteiger partial charge in [0.1, 0.15) is 15.8 Å². The number of hydrogen-bond donors (Lipinski definition) is 2. The van der Waals surface area contributed by atoms with Crippen molar-refractivity contribution >= 4 is 56.3 Å². The molecule has 29 heavy (non-hydrogen) atoms. The maximum absolute atomic E-state index is 12.5. The van der Waals surface area contributed by atoms with Crippen LogP contribution in [-0.2, 0) is 19.6 Å². The average molecular weight is 453 g/mol. The van der Waals surface area contributed by atoms with E-state index in [4.69, 9.17) is 26.9 Å². The van der Waals surface area contributed by atoms with Crippen LogP contribution in [-0.4, -0.2) is 41.2 Å². The van der Waals surface area contributed by atoms with Crippen molar-refractivity contribution < 1.29 is 27.5 Å². The summed E-state index contributed by atoms with van der Waals surface area (Å²) >= 11 is 6.33. The first kappa shape index (κ1) is 21.2. The first-order valence-electron chi connectivity index (χ1n) is 8.35. The molecule has 3 rings (SSSR count). The van der Waals surface area contributed by atoms with E-state index in [1.807, 2.05) is 0 Å². The third kappa shape index (κ3) is 5.12. The molecule has 1 aliphatic rings. The number of hydrogen-bond acceptors (Lipinski definition) is 7. The number of sulfonamides is 1. The number of nitrogens with zero attached hydrogens (tertiary/aromatic N) is 1. The second-order valence-electron chi connectivity index (χ2n) is 6.10. The summed E-state index contributed by atoms with van der Waals surface area (Å²) in [6, 6.07) is 9.30. The van der Waals surface area contributed by atoms with Crippen molar-refractivity contribution in [2.75, 3.05) is 6.54 Å². The van der Waals surface area contributed by atoms with Crippen molar-refractivity contribution in [3.63, 3.8) is 0 Å². The number of nitrogens with two attached hydrogens (primary N) is 1. The fraction of sp³-hybridized carbons (Fsp3) is 0.167. The van der Waals surface area contributed by atoms with Crippen LogP contribution in [0.5, 0.6) is 0 Å². The molecule has 0 spiro atoms. The summed E-state index contributed by atoms with van der Waals surface area (Å²) in [6.07, 6.45) is 1.84. The maximum Gasteiger partial charge on any atom is 0.303 e. The normalized spacial score (nSPS) is 16.0. The summed E-state index contributed by atoms with van der Waals surface area (Å²) in [5, 5.41) is 13.8. The van der Waals surface area contributed by atoms with E-state index in [0.717, 1.165) is 11.8 Å². The van der Waals surface area contributed by atoms with Gasteiger partial charge < -0.3 is 9.52 Å². The van der Waals surface area contributed by atoms with Crippen molar-refractivity contribution in [3.05, 3.63) is 47.1 Å². The lowest BCUT2D eigenvalue weighted by atomic mass is 10.2. The second-order valence-corrected chi connectivity index (χ2v) is 9.34. The summed E-state index contributed by atoms with van der Waals surface area (Å²) in [6.45, 7) is 0.244. The molecule has 0 aliphatic carbocycles. The van der Waals surface area contributed by atoms with Gasteiger partial charge in [-0.1, -0.05) is 24.0 Å². The Morgan fingerprint density at radius 3 is 2.55 bits per heavy atom. The van der Waals surface area contributed by atoms with Crippen molar-refractivity contribution in [1.29, 1.82) is 0 Å². The van der Waals surface area contributed by atoms with Gasteiger partial charge in [-0.2, -0.15) is 0 Å². The Balaban J connectivity index is 1.74. The number of furan rings is 1. The number of aliphatic carboxylic acids is 1. The summed E-state index contributed by atoms with van der Waals surface area (Å²) < 4.78 is 28.8. The molecule has 1 aromatic carbocycles. The number of primary sulfonamides is 1. The van der Waals surface area contributed by atoms with Crippen LogP contribution in [0.25, 0.3) is 17.4 Å². The summed E-state index contributed by atoms with van der Waals surface area (Å²) in [4.78, 5) is 24.9. The molecule has 0 atom stereocenters. The molecule has 1 amide bonds. The van der Waals surface area contributed by atoms with Crippen LogP contribution < -0.4 is 5.14 Å². The number of carbonyl (C=O) groups excluding carboxylic acids is 1. The van der Waals surface area contributed by atoms with Crippen molar-refractivity contribution in [2.24, 2.45) is 5.14 Å². The van der Waals surface area contributed by atoms with E-state index < -0.39 is 16.0 Å². The highest BCUT2D eigenvalue weighted by molar-refractivity contribution is 8.26. The Morgan fingerprint density at radius 1 is 1.24 bits per heavy atom. The van der Waals surface area contributed by atoms with Crippen LogP contribution in [0, 0.1) is 0 Å². The topological polar surface area (TPSA) is 131 Å². The highest BCUT2D eigenvalue weighted by Crippen LogP contribution is 2.34. The molecule has 2 aromatic rings. The lowest BCUT2D eigenvalue weighted by molar-refractivity contribution is -0.137. The highest BCUT2D eigenvalue weighted by Gasteiger charge is 2.32. The first-order valence-corrected chi connectivity index (χ1v) is 11.1. The summed E-state index contributed by atoms with van der Waals surface area (Å²) in [5.41, 5.74) is 0.651. The fourth-order valence-electron chi connectivity index (χ4n) is 2.60. The van der Waals surface area contributed by atoms with Gasteiger partial charge in [-0.25, -0.2) is 13.6 Å². The molecular formula is C18H16N2O6S3. The van der Waals surface area contributed by atoms with E-state index in [2.05, 4.69) is 0 Å². The summed E-state index contributed by atoms with van der Waals surface area (Å²) in [7, 11) is -3.77. The van der Waals surface area contributed by atoms with E-state index in [-0.39, 0.29) is 23.8 Å². The zero-order valence-corrected chi connectivity index (χ0v) is 17.4. The van der Waals surface area contributed by atoms with Crippen LogP contribution >= 0.6 is 24.0 Å². The monoisotopic (exact) mass is 452 g/mol. The second kappa shape index (κ2) is 8.49. The number of thiocarbonyl (C=S) groups is 1. The third-order valence-electron chi connectivity index (χ3n) is 4.01. The van der Waals surface area contributed by atoms with E-state index in [1.165, 1.54) is 17.0 Å². The predicted molar refractivity (Wildman–Crippen MR) is 112 cm³/mol. The van der Waals surface area contributed by atoms with Crippen LogP contribution in [0.4, 0.5) is 0 Å². The van der Waals surface area contributed by atoms with Gasteiger partial charge in [0.05, 0.1) is 9.80 Å². The van der Waals surface area contributed by atoms with Gasteiger partial charge >= 0.3 is 5.97 Å². The SMILES string of the molecule is NS(=O)(=O)c1ccc(-c2ccc(/C=C3/SC(=S)N(CCCC(=O)O)C3=O)o2)cc1. The highest BCUT2D eigenvalue weighted by atomic mass is 32.2. The Hall–Kier alpha value is -2.47. The number of carbonyl (C=O) groups is 2. The Kier molecular flexibility index (Phi) is 6.22. The minimum atomic E-state index is -3.77. The van der Waals surface area contributed by atoms with Crippen molar-refractivity contribution in [2.45, 2.75) is 17.7 Å². The molecule has 0 unspecified atom stereocenters. The van der Waals surface area contributed by atoms with Gasteiger partial charge in [0, 0.05) is 24.6 Å². The Bertz CT molecular complexity index is 1100. The van der Waals surface area contributed by atoms with Gasteiger partial charge in [0.25, 0.3) is 5.91 Å². The molecule has 11 heteroatoms.